The second-order valence-corrected chi connectivity index (χ2v) is 5.65. The molecule has 7 heteroatoms. The molecule has 1 amide bonds. The van der Waals surface area contributed by atoms with Crippen molar-refractivity contribution in [2.45, 2.75) is 0 Å². The van der Waals surface area contributed by atoms with Gasteiger partial charge < -0.3 is 5.11 Å². The molecule has 0 bridgehead atoms. The lowest BCUT2D eigenvalue weighted by molar-refractivity contribution is 0.0696. The van der Waals surface area contributed by atoms with Crippen molar-refractivity contribution in [2.75, 3.05) is 7.05 Å². The van der Waals surface area contributed by atoms with Gasteiger partial charge in [-0.1, -0.05) is 42.5 Å². The Morgan fingerprint density at radius 1 is 1.00 bits per heavy atom. The summed E-state index contributed by atoms with van der Waals surface area (Å²) in [5, 5.41) is 14.1. The van der Waals surface area contributed by atoms with E-state index < -0.39 is 11.9 Å². The van der Waals surface area contributed by atoms with E-state index in [2.05, 4.69) is 15.1 Å². The Morgan fingerprint density at radius 2 is 1.70 bits per heavy atom. The van der Waals surface area contributed by atoms with Crippen LogP contribution in [0.25, 0.3) is 11.3 Å². The smallest absolute Gasteiger partial charge is 0.335 e. The minimum Gasteiger partial charge on any atom is -0.478 e. The normalized spacial score (nSPS) is 10.7. The number of rotatable bonds is 5. The SMILES string of the molecule is CN(/N=C/c1ccc(C(=O)O)cc1)C(=O)c1cnc(-c2ccccc2)cn1. The third-order valence-corrected chi connectivity index (χ3v) is 3.77. The molecule has 2 aromatic carbocycles. The Kier molecular flexibility index (Phi) is 5.32. The highest BCUT2D eigenvalue weighted by Gasteiger charge is 2.13. The van der Waals surface area contributed by atoms with Gasteiger partial charge >= 0.3 is 5.97 Å². The Morgan fingerprint density at radius 3 is 2.30 bits per heavy atom. The average Bonchev–Trinajstić information content (AvgIpc) is 2.72. The van der Waals surface area contributed by atoms with E-state index in [1.807, 2.05) is 30.3 Å². The van der Waals surface area contributed by atoms with Gasteiger partial charge in [-0.3, -0.25) is 9.78 Å². The van der Waals surface area contributed by atoms with Crippen LogP contribution in [0.5, 0.6) is 0 Å². The minimum atomic E-state index is -0.997. The first-order valence-corrected chi connectivity index (χ1v) is 8.07. The van der Waals surface area contributed by atoms with Gasteiger partial charge in [-0.2, -0.15) is 5.10 Å². The zero-order valence-corrected chi connectivity index (χ0v) is 14.5. The standard InChI is InChI=1S/C20H16N4O3/c1-24(23-11-14-7-9-16(10-8-14)20(26)27)19(25)18-13-21-17(12-22-18)15-5-3-2-4-6-15/h2-13H,1H3,(H,26,27)/b23-11+. The summed E-state index contributed by atoms with van der Waals surface area (Å²) in [7, 11) is 1.51. The zero-order chi connectivity index (χ0) is 19.2. The van der Waals surface area contributed by atoms with Gasteiger partial charge in [0.25, 0.3) is 5.91 Å². The molecule has 1 aromatic heterocycles. The van der Waals surface area contributed by atoms with E-state index in [4.69, 9.17) is 5.11 Å². The van der Waals surface area contributed by atoms with Crippen molar-refractivity contribution >= 4 is 18.1 Å². The van der Waals surface area contributed by atoms with E-state index >= 15 is 0 Å². The van der Waals surface area contributed by atoms with Crippen LogP contribution in [0.15, 0.2) is 72.1 Å². The number of aromatic nitrogens is 2. The number of carboxylic acids is 1. The largest absolute Gasteiger partial charge is 0.478 e. The molecule has 134 valence electrons. The lowest BCUT2D eigenvalue weighted by Gasteiger charge is -2.10. The Hall–Kier alpha value is -3.87. The van der Waals surface area contributed by atoms with Crippen molar-refractivity contribution in [3.8, 4) is 11.3 Å². The van der Waals surface area contributed by atoms with Gasteiger partial charge in [-0.15, -0.1) is 0 Å². The van der Waals surface area contributed by atoms with Crippen LogP contribution in [0, 0.1) is 0 Å². The number of amides is 1. The predicted molar refractivity (Wildman–Crippen MR) is 101 cm³/mol. The van der Waals surface area contributed by atoms with E-state index in [1.54, 1.807) is 18.3 Å². The highest BCUT2D eigenvalue weighted by Crippen LogP contribution is 2.15. The van der Waals surface area contributed by atoms with Gasteiger partial charge in [0.2, 0.25) is 0 Å². The second kappa shape index (κ2) is 8.01. The second-order valence-electron chi connectivity index (χ2n) is 5.65. The molecule has 0 saturated carbocycles. The van der Waals surface area contributed by atoms with Gasteiger partial charge in [-0.05, 0) is 17.7 Å². The van der Waals surface area contributed by atoms with Gasteiger partial charge in [0.1, 0.15) is 5.69 Å². The molecule has 0 aliphatic rings. The maximum Gasteiger partial charge on any atom is 0.335 e. The van der Waals surface area contributed by atoms with Gasteiger partial charge in [0.05, 0.1) is 29.9 Å². The molecule has 0 radical (unpaired) electrons. The number of carbonyl (C=O) groups excluding carboxylic acids is 1. The summed E-state index contributed by atoms with van der Waals surface area (Å²) in [6.45, 7) is 0. The molecule has 27 heavy (non-hydrogen) atoms. The highest BCUT2D eigenvalue weighted by atomic mass is 16.4. The number of aromatic carboxylic acids is 1. The summed E-state index contributed by atoms with van der Waals surface area (Å²) in [5.41, 5.74) is 2.63. The summed E-state index contributed by atoms with van der Waals surface area (Å²) in [5.74, 6) is -1.40. The lowest BCUT2D eigenvalue weighted by Crippen LogP contribution is -2.22. The van der Waals surface area contributed by atoms with Crippen molar-refractivity contribution in [1.29, 1.82) is 0 Å². The fourth-order valence-corrected chi connectivity index (χ4v) is 2.28. The maximum absolute atomic E-state index is 12.4. The van der Waals surface area contributed by atoms with E-state index in [9.17, 15) is 9.59 Å². The molecule has 0 saturated heterocycles. The van der Waals surface area contributed by atoms with Gasteiger partial charge in [0.15, 0.2) is 0 Å². The number of hydrogen-bond acceptors (Lipinski definition) is 5. The van der Waals surface area contributed by atoms with Crippen LogP contribution in [0.1, 0.15) is 26.4 Å². The van der Waals surface area contributed by atoms with Crippen molar-refractivity contribution < 1.29 is 14.7 Å². The number of nitrogens with zero attached hydrogens (tertiary/aromatic N) is 4. The van der Waals surface area contributed by atoms with Crippen LogP contribution < -0.4 is 0 Å². The zero-order valence-electron chi connectivity index (χ0n) is 14.5. The van der Waals surface area contributed by atoms with Crippen LogP contribution >= 0.6 is 0 Å². The number of hydrogen-bond donors (Lipinski definition) is 1. The van der Waals surface area contributed by atoms with Crippen LogP contribution in [0.4, 0.5) is 0 Å². The lowest BCUT2D eigenvalue weighted by atomic mass is 10.1. The van der Waals surface area contributed by atoms with Crippen LogP contribution in [-0.2, 0) is 0 Å². The monoisotopic (exact) mass is 360 g/mol. The molecule has 3 aromatic rings. The molecule has 3 rings (SSSR count). The van der Waals surface area contributed by atoms with E-state index in [-0.39, 0.29) is 11.3 Å². The number of benzene rings is 2. The quantitative estimate of drug-likeness (QED) is 0.557. The van der Waals surface area contributed by atoms with Gasteiger partial charge in [0, 0.05) is 12.6 Å². The molecule has 0 aliphatic carbocycles. The van der Waals surface area contributed by atoms with Crippen molar-refractivity contribution in [2.24, 2.45) is 5.10 Å². The topological polar surface area (TPSA) is 95.8 Å². The number of carboxylic acid groups (broad SMARTS) is 1. The number of hydrazone groups is 1. The first kappa shape index (κ1) is 17.9. The third-order valence-electron chi connectivity index (χ3n) is 3.77. The maximum atomic E-state index is 12.4. The van der Waals surface area contributed by atoms with Gasteiger partial charge in [-0.25, -0.2) is 14.8 Å². The van der Waals surface area contributed by atoms with Crippen molar-refractivity contribution in [3.63, 3.8) is 0 Å². The highest BCUT2D eigenvalue weighted by molar-refractivity contribution is 5.93. The van der Waals surface area contributed by atoms with Crippen LogP contribution in [-0.4, -0.2) is 45.2 Å². The van der Waals surface area contributed by atoms with E-state index in [0.29, 0.717) is 11.3 Å². The summed E-state index contributed by atoms with van der Waals surface area (Å²) < 4.78 is 0. The fraction of sp³-hybridized carbons (Fsp3) is 0.0500. The van der Waals surface area contributed by atoms with E-state index in [0.717, 1.165) is 10.6 Å². The molecule has 0 aliphatic heterocycles. The molecule has 1 heterocycles. The summed E-state index contributed by atoms with van der Waals surface area (Å²) >= 11 is 0. The first-order valence-electron chi connectivity index (χ1n) is 8.07. The molecule has 7 nitrogen and oxygen atoms in total. The third kappa shape index (κ3) is 4.40. The average molecular weight is 360 g/mol. The summed E-state index contributed by atoms with van der Waals surface area (Å²) in [4.78, 5) is 31.7. The molecular formula is C20H16N4O3. The Balaban J connectivity index is 1.68. The Labute approximate surface area is 155 Å². The molecule has 0 fully saturated rings. The Bertz CT molecular complexity index is 968. The van der Waals surface area contributed by atoms with E-state index in [1.165, 1.54) is 31.6 Å². The molecule has 0 atom stereocenters. The molecule has 0 spiro atoms. The van der Waals surface area contributed by atoms with Crippen LogP contribution in [0.3, 0.4) is 0 Å². The number of carbonyl (C=O) groups is 2. The van der Waals surface area contributed by atoms with Crippen molar-refractivity contribution in [3.05, 3.63) is 83.8 Å². The first-order chi connectivity index (χ1) is 13.0. The van der Waals surface area contributed by atoms with Crippen molar-refractivity contribution in [1.82, 2.24) is 15.0 Å². The van der Waals surface area contributed by atoms with Crippen LogP contribution in [0.2, 0.25) is 0 Å². The predicted octanol–water partition coefficient (Wildman–Crippen LogP) is 2.95. The minimum absolute atomic E-state index is 0.176. The molecule has 0 unspecified atom stereocenters. The summed E-state index contributed by atoms with van der Waals surface area (Å²) in [6, 6.07) is 15.7. The molecule has 1 N–H and O–H groups in total. The fourth-order valence-electron chi connectivity index (χ4n) is 2.28. The molecular weight excluding hydrogens is 344 g/mol. The summed E-state index contributed by atoms with van der Waals surface area (Å²) in [6.07, 6.45) is 4.43.